The summed E-state index contributed by atoms with van der Waals surface area (Å²) in [6.45, 7) is 7.25. The highest BCUT2D eigenvalue weighted by Gasteiger charge is 2.04. The first kappa shape index (κ1) is 20.7. The van der Waals surface area contributed by atoms with Gasteiger partial charge >= 0.3 is 0 Å². The fourth-order valence-corrected chi connectivity index (χ4v) is 1.92. The summed E-state index contributed by atoms with van der Waals surface area (Å²) in [5.41, 5.74) is 2.44. The van der Waals surface area contributed by atoms with E-state index in [0.29, 0.717) is 25.5 Å². The van der Waals surface area contributed by atoms with Crippen LogP contribution in [-0.4, -0.2) is 31.5 Å². The number of hydrogen-bond acceptors (Lipinski definition) is 2. The maximum Gasteiger partial charge on any atom is 0.221 e. The summed E-state index contributed by atoms with van der Waals surface area (Å²) < 4.78 is 0. The summed E-state index contributed by atoms with van der Waals surface area (Å²) in [7, 11) is 1.72. The largest absolute Gasteiger partial charge is 0.356 e. The molecule has 0 aromatic heterocycles. The second kappa shape index (κ2) is 11.3. The van der Waals surface area contributed by atoms with Crippen molar-refractivity contribution in [3.05, 3.63) is 35.4 Å². The molecule has 0 spiro atoms. The normalized spacial score (nSPS) is 10.9. The van der Waals surface area contributed by atoms with Crippen molar-refractivity contribution in [2.24, 2.45) is 4.99 Å². The molecule has 1 rings (SSSR count). The third-order valence-corrected chi connectivity index (χ3v) is 2.86. The minimum Gasteiger partial charge on any atom is -0.356 e. The van der Waals surface area contributed by atoms with Gasteiger partial charge in [0, 0.05) is 32.6 Å². The smallest absolute Gasteiger partial charge is 0.221 e. The standard InChI is InChI=1S/C16H26N4O.HI/c1-12(2)20-15(21)8-9-18-16(17-4)19-11-14-7-5-6-13(3)10-14;/h5-7,10,12H,8-9,11H2,1-4H3,(H,20,21)(H2,17,18,19);1H. The zero-order valence-corrected chi connectivity index (χ0v) is 16.1. The van der Waals surface area contributed by atoms with Crippen LogP contribution in [0.4, 0.5) is 0 Å². The van der Waals surface area contributed by atoms with Crippen molar-refractivity contribution in [1.29, 1.82) is 0 Å². The Morgan fingerprint density at radius 3 is 2.59 bits per heavy atom. The molecule has 0 aliphatic carbocycles. The van der Waals surface area contributed by atoms with Gasteiger partial charge in [0.1, 0.15) is 0 Å². The zero-order valence-electron chi connectivity index (χ0n) is 13.8. The van der Waals surface area contributed by atoms with E-state index in [1.807, 2.05) is 19.9 Å². The lowest BCUT2D eigenvalue weighted by Gasteiger charge is -2.13. The van der Waals surface area contributed by atoms with Crippen molar-refractivity contribution >= 4 is 35.8 Å². The highest BCUT2D eigenvalue weighted by atomic mass is 127. The first-order valence-electron chi connectivity index (χ1n) is 7.30. The van der Waals surface area contributed by atoms with Crippen molar-refractivity contribution in [3.63, 3.8) is 0 Å². The first-order valence-corrected chi connectivity index (χ1v) is 7.30. The SMILES string of the molecule is CN=C(NCCC(=O)NC(C)C)NCc1cccc(C)c1.I. The lowest BCUT2D eigenvalue weighted by molar-refractivity contribution is -0.121. The molecule has 0 fully saturated rings. The minimum atomic E-state index is 0. The third kappa shape index (κ3) is 8.86. The average Bonchev–Trinajstić information content (AvgIpc) is 2.41. The maximum absolute atomic E-state index is 11.5. The van der Waals surface area contributed by atoms with Gasteiger partial charge in [-0.05, 0) is 26.3 Å². The fourth-order valence-electron chi connectivity index (χ4n) is 1.92. The molecule has 6 heteroatoms. The summed E-state index contributed by atoms with van der Waals surface area (Å²) in [6, 6.07) is 8.50. The number of carbonyl (C=O) groups excluding carboxylic acids is 1. The quantitative estimate of drug-likeness (QED) is 0.377. The highest BCUT2D eigenvalue weighted by molar-refractivity contribution is 14.0. The van der Waals surface area contributed by atoms with E-state index in [4.69, 9.17) is 0 Å². The molecule has 124 valence electrons. The molecule has 0 radical (unpaired) electrons. The van der Waals surface area contributed by atoms with Gasteiger partial charge in [-0.2, -0.15) is 0 Å². The zero-order chi connectivity index (χ0) is 15.7. The Morgan fingerprint density at radius 2 is 2.00 bits per heavy atom. The first-order chi connectivity index (χ1) is 10.0. The minimum absolute atomic E-state index is 0. The van der Waals surface area contributed by atoms with Crippen LogP contribution in [0, 0.1) is 6.92 Å². The monoisotopic (exact) mass is 418 g/mol. The summed E-state index contributed by atoms with van der Waals surface area (Å²) in [5.74, 6) is 0.750. The summed E-state index contributed by atoms with van der Waals surface area (Å²) in [5, 5.41) is 9.23. The molecule has 0 unspecified atom stereocenters. The van der Waals surface area contributed by atoms with Gasteiger partial charge in [-0.3, -0.25) is 9.79 Å². The van der Waals surface area contributed by atoms with Crippen LogP contribution in [0.2, 0.25) is 0 Å². The molecular weight excluding hydrogens is 391 g/mol. The molecule has 0 saturated heterocycles. The number of carbonyl (C=O) groups is 1. The number of nitrogens with one attached hydrogen (secondary N) is 3. The van der Waals surface area contributed by atoms with Gasteiger partial charge in [0.2, 0.25) is 5.91 Å². The molecule has 3 N–H and O–H groups in total. The van der Waals surface area contributed by atoms with Crippen molar-refractivity contribution in [2.45, 2.75) is 39.8 Å². The van der Waals surface area contributed by atoms with E-state index < -0.39 is 0 Å². The number of benzene rings is 1. The molecule has 0 aliphatic rings. The number of rotatable bonds is 6. The Kier molecular flexibility index (Phi) is 10.6. The Bertz CT molecular complexity index is 489. The van der Waals surface area contributed by atoms with Crippen LogP contribution >= 0.6 is 24.0 Å². The van der Waals surface area contributed by atoms with E-state index in [1.165, 1.54) is 11.1 Å². The van der Waals surface area contributed by atoms with E-state index >= 15 is 0 Å². The van der Waals surface area contributed by atoms with E-state index in [2.05, 4.69) is 46.1 Å². The molecule has 0 aliphatic heterocycles. The Labute approximate surface area is 150 Å². The predicted molar refractivity (Wildman–Crippen MR) is 103 cm³/mol. The van der Waals surface area contributed by atoms with Crippen LogP contribution in [0.3, 0.4) is 0 Å². The van der Waals surface area contributed by atoms with Crippen molar-refractivity contribution in [3.8, 4) is 0 Å². The van der Waals surface area contributed by atoms with Crippen molar-refractivity contribution in [1.82, 2.24) is 16.0 Å². The second-order valence-corrected chi connectivity index (χ2v) is 5.31. The number of nitrogens with zero attached hydrogens (tertiary/aromatic N) is 1. The van der Waals surface area contributed by atoms with E-state index in [1.54, 1.807) is 7.05 Å². The van der Waals surface area contributed by atoms with Crippen LogP contribution < -0.4 is 16.0 Å². The molecular formula is C16H27IN4O. The number of aryl methyl sites for hydroxylation is 1. The van der Waals surface area contributed by atoms with E-state index in [9.17, 15) is 4.79 Å². The number of guanidine groups is 1. The van der Waals surface area contributed by atoms with E-state index in [-0.39, 0.29) is 35.9 Å². The Morgan fingerprint density at radius 1 is 1.27 bits per heavy atom. The van der Waals surface area contributed by atoms with Gasteiger partial charge in [0.25, 0.3) is 0 Å². The third-order valence-electron chi connectivity index (χ3n) is 2.86. The molecule has 1 aromatic carbocycles. The van der Waals surface area contributed by atoms with Crippen LogP contribution in [0.25, 0.3) is 0 Å². The van der Waals surface area contributed by atoms with Crippen molar-refractivity contribution < 1.29 is 4.79 Å². The van der Waals surface area contributed by atoms with Gasteiger partial charge in [0.15, 0.2) is 5.96 Å². The predicted octanol–water partition coefficient (Wildman–Crippen LogP) is 2.19. The van der Waals surface area contributed by atoms with Crippen LogP contribution in [0.15, 0.2) is 29.3 Å². The molecule has 0 atom stereocenters. The van der Waals surface area contributed by atoms with Gasteiger partial charge in [-0.25, -0.2) is 0 Å². The number of halogens is 1. The highest BCUT2D eigenvalue weighted by Crippen LogP contribution is 2.02. The summed E-state index contributed by atoms with van der Waals surface area (Å²) in [4.78, 5) is 15.7. The molecule has 22 heavy (non-hydrogen) atoms. The number of amides is 1. The lowest BCUT2D eigenvalue weighted by atomic mass is 10.1. The lowest BCUT2D eigenvalue weighted by Crippen LogP contribution is -2.39. The van der Waals surface area contributed by atoms with E-state index in [0.717, 1.165) is 0 Å². The van der Waals surface area contributed by atoms with Gasteiger partial charge in [-0.15, -0.1) is 24.0 Å². The molecule has 0 bridgehead atoms. The van der Waals surface area contributed by atoms with Crippen LogP contribution in [0.1, 0.15) is 31.4 Å². The molecule has 5 nitrogen and oxygen atoms in total. The number of hydrogen-bond donors (Lipinski definition) is 3. The molecule has 1 aromatic rings. The van der Waals surface area contributed by atoms with Crippen LogP contribution in [-0.2, 0) is 11.3 Å². The molecule has 0 saturated carbocycles. The van der Waals surface area contributed by atoms with Gasteiger partial charge in [0.05, 0.1) is 0 Å². The van der Waals surface area contributed by atoms with Gasteiger partial charge in [-0.1, -0.05) is 29.8 Å². The second-order valence-electron chi connectivity index (χ2n) is 5.31. The topological polar surface area (TPSA) is 65.5 Å². The van der Waals surface area contributed by atoms with Crippen molar-refractivity contribution in [2.75, 3.05) is 13.6 Å². The Balaban J connectivity index is 0.00000441. The Hall–Kier alpha value is -1.31. The molecule has 1 amide bonds. The van der Waals surface area contributed by atoms with Crippen LogP contribution in [0.5, 0.6) is 0 Å². The summed E-state index contributed by atoms with van der Waals surface area (Å²) in [6.07, 6.45) is 0.434. The maximum atomic E-state index is 11.5. The molecule has 0 heterocycles. The summed E-state index contributed by atoms with van der Waals surface area (Å²) >= 11 is 0. The fraction of sp³-hybridized carbons (Fsp3) is 0.500. The van der Waals surface area contributed by atoms with Gasteiger partial charge < -0.3 is 16.0 Å². The average molecular weight is 418 g/mol. The number of aliphatic imine (C=N–C) groups is 1.